The third-order valence-corrected chi connectivity index (χ3v) is 11.6. The van der Waals surface area contributed by atoms with Gasteiger partial charge in [-0.25, -0.2) is 16.8 Å². The molecule has 0 spiro atoms. The van der Waals surface area contributed by atoms with Gasteiger partial charge in [0.2, 0.25) is 0 Å². The summed E-state index contributed by atoms with van der Waals surface area (Å²) in [7, 11) is 4.14. The van der Waals surface area contributed by atoms with Crippen molar-refractivity contribution in [2.45, 2.75) is 63.2 Å². The molecule has 1 N–H and O–H groups in total. The van der Waals surface area contributed by atoms with Crippen LogP contribution >= 0.6 is 10.7 Å². The normalized spacial score (nSPS) is 11.2. The smallest absolute Gasteiger partial charge is 0.280 e. The molecule has 2 heterocycles. The highest BCUT2D eigenvalue weighted by Crippen LogP contribution is 2.23. The van der Waals surface area contributed by atoms with E-state index < -0.39 is 19.1 Å². The van der Waals surface area contributed by atoms with E-state index in [1.54, 1.807) is 45.5 Å². The first-order chi connectivity index (χ1) is 28.3. The van der Waals surface area contributed by atoms with E-state index in [4.69, 9.17) is 29.6 Å². The van der Waals surface area contributed by atoms with Crippen LogP contribution in [0.15, 0.2) is 132 Å². The van der Waals surface area contributed by atoms with Crippen LogP contribution in [0.5, 0.6) is 23.0 Å². The third kappa shape index (κ3) is 14.4. The number of aromatic nitrogens is 4. The van der Waals surface area contributed by atoms with Crippen molar-refractivity contribution in [3.05, 3.63) is 144 Å². The van der Waals surface area contributed by atoms with Crippen LogP contribution in [-0.2, 0) is 58.3 Å². The molecule has 0 radical (unpaired) electrons. The molecule has 0 aliphatic carbocycles. The van der Waals surface area contributed by atoms with E-state index in [2.05, 4.69) is 39.8 Å². The molecular weight excluding hydrogens is 816 g/mol. The molecule has 0 aliphatic heterocycles. The van der Waals surface area contributed by atoms with Crippen LogP contribution in [0.4, 0.5) is 0 Å². The standard InChI is InChI=1S/C21H25N3O4S.C16H19NO2.C5H7ClN2O2S/c1-4-23-14-13-21(22-23)29(25,26)24(15-17-5-9-19(27-2)10-6-17)16-18-7-11-20(28-3)12-8-18;1-18-15-7-3-13(4-8-15)11-17-12-14-5-9-16(19-2)10-6-14;1-2-8-4-3-5(7-8)11(6,9)10/h5-14H,4,15-16H2,1-3H3;3-10,17H,11-12H2,1-2H3;3-4H,2H2,1H3. The summed E-state index contributed by atoms with van der Waals surface area (Å²) in [5, 5.41) is 11.3. The summed E-state index contributed by atoms with van der Waals surface area (Å²) in [5.41, 5.74) is 4.21. The zero-order chi connectivity index (χ0) is 42.8. The fourth-order valence-electron chi connectivity index (χ4n) is 5.37. The van der Waals surface area contributed by atoms with E-state index in [0.717, 1.165) is 47.2 Å². The van der Waals surface area contributed by atoms with Gasteiger partial charge in [0, 0.05) is 62.3 Å². The summed E-state index contributed by atoms with van der Waals surface area (Å²) in [6, 6.07) is 33.8. The lowest BCUT2D eigenvalue weighted by atomic mass is 10.2. The SMILES string of the molecule is CCn1ccc(S(=O)(=O)Cl)n1.CCn1ccc(S(=O)(=O)N(Cc2ccc(OC)cc2)Cc2ccc(OC)cc2)n1.COc1ccc(CNCc2ccc(OC)cc2)cc1. The number of aryl methyl sites for hydroxylation is 2. The molecule has 0 unspecified atom stereocenters. The Kier molecular flexibility index (Phi) is 17.8. The van der Waals surface area contributed by atoms with Crippen LogP contribution in [0.25, 0.3) is 0 Å². The van der Waals surface area contributed by atoms with Gasteiger partial charge >= 0.3 is 0 Å². The lowest BCUT2D eigenvalue weighted by Gasteiger charge is -2.21. The summed E-state index contributed by atoms with van der Waals surface area (Å²) in [4.78, 5) is 0. The number of nitrogens with one attached hydrogen (secondary N) is 1. The Bertz CT molecular complexity index is 2270. The predicted octanol–water partition coefficient (Wildman–Crippen LogP) is 7.14. The van der Waals surface area contributed by atoms with Crippen LogP contribution < -0.4 is 24.3 Å². The Labute approximate surface area is 351 Å². The van der Waals surface area contributed by atoms with Gasteiger partial charge in [-0.2, -0.15) is 14.5 Å². The largest absolute Gasteiger partial charge is 0.497 e. The second-order valence-corrected chi connectivity index (χ2v) is 17.1. The van der Waals surface area contributed by atoms with Crippen molar-refractivity contribution < 1.29 is 35.8 Å². The molecule has 0 amide bonds. The van der Waals surface area contributed by atoms with Gasteiger partial charge in [-0.1, -0.05) is 48.5 Å². The van der Waals surface area contributed by atoms with E-state index in [-0.39, 0.29) is 23.1 Å². The lowest BCUT2D eigenvalue weighted by Crippen LogP contribution is -2.30. The van der Waals surface area contributed by atoms with Gasteiger partial charge in [-0.05, 0) is 96.8 Å². The molecule has 0 atom stereocenters. The highest BCUT2D eigenvalue weighted by molar-refractivity contribution is 8.13. The molecule has 59 heavy (non-hydrogen) atoms. The van der Waals surface area contributed by atoms with E-state index >= 15 is 0 Å². The van der Waals surface area contributed by atoms with Crippen molar-refractivity contribution in [1.82, 2.24) is 29.2 Å². The minimum atomic E-state index is -3.78. The first-order valence-electron chi connectivity index (χ1n) is 18.6. The maximum absolute atomic E-state index is 13.3. The number of halogens is 1. The number of hydrogen-bond acceptors (Lipinski definition) is 11. The molecular formula is C42H51ClN6O8S2. The molecule has 0 fully saturated rings. The fourth-order valence-corrected chi connectivity index (χ4v) is 7.39. The Morgan fingerprint density at radius 2 is 0.847 bits per heavy atom. The van der Waals surface area contributed by atoms with Crippen molar-refractivity contribution in [2.75, 3.05) is 28.4 Å². The van der Waals surface area contributed by atoms with E-state index in [1.807, 2.05) is 86.6 Å². The summed E-state index contributed by atoms with van der Waals surface area (Å²) < 4.78 is 73.1. The van der Waals surface area contributed by atoms with Gasteiger partial charge in [-0.15, -0.1) is 0 Å². The first-order valence-corrected chi connectivity index (χ1v) is 22.3. The second kappa shape index (κ2) is 22.7. The second-order valence-electron chi connectivity index (χ2n) is 12.7. The number of sulfonamides is 1. The number of methoxy groups -OCH3 is 4. The van der Waals surface area contributed by atoms with Crippen molar-refractivity contribution in [3.63, 3.8) is 0 Å². The molecule has 6 rings (SSSR count). The minimum absolute atomic E-state index is 0.0429. The summed E-state index contributed by atoms with van der Waals surface area (Å²) >= 11 is 0. The average molecular weight is 867 g/mol. The number of ether oxygens (including phenoxy) is 4. The monoisotopic (exact) mass is 866 g/mol. The zero-order valence-corrected chi connectivity index (χ0v) is 36.4. The highest BCUT2D eigenvalue weighted by atomic mass is 35.7. The number of hydrogen-bond donors (Lipinski definition) is 1. The van der Waals surface area contributed by atoms with Crippen LogP contribution in [0.1, 0.15) is 36.1 Å². The first kappa shape index (κ1) is 46.3. The Morgan fingerprint density at radius 3 is 1.14 bits per heavy atom. The fraction of sp³-hybridized carbons (Fsp3) is 0.286. The molecule has 17 heteroatoms. The van der Waals surface area contributed by atoms with Crippen LogP contribution in [0.2, 0.25) is 0 Å². The summed E-state index contributed by atoms with van der Waals surface area (Å²) in [6.07, 6.45) is 3.24. The summed E-state index contributed by atoms with van der Waals surface area (Å²) in [5.74, 6) is 3.22. The lowest BCUT2D eigenvalue weighted by molar-refractivity contribution is 0.395. The van der Waals surface area contributed by atoms with Crippen LogP contribution in [-0.4, -0.2) is 69.1 Å². The number of nitrogens with zero attached hydrogens (tertiary/aromatic N) is 5. The number of benzene rings is 4. The van der Waals surface area contributed by atoms with Gasteiger partial charge in [0.15, 0.2) is 10.1 Å². The predicted molar refractivity (Wildman–Crippen MR) is 228 cm³/mol. The minimum Gasteiger partial charge on any atom is -0.497 e. The van der Waals surface area contributed by atoms with Crippen molar-refractivity contribution in [3.8, 4) is 23.0 Å². The van der Waals surface area contributed by atoms with Gasteiger partial charge < -0.3 is 24.3 Å². The maximum atomic E-state index is 13.3. The Hall–Kier alpha value is -5.39. The molecule has 14 nitrogen and oxygen atoms in total. The van der Waals surface area contributed by atoms with Gasteiger partial charge in [0.25, 0.3) is 19.1 Å². The van der Waals surface area contributed by atoms with Crippen molar-refractivity contribution in [2.24, 2.45) is 0 Å². The quantitative estimate of drug-likeness (QED) is 0.0931. The highest BCUT2D eigenvalue weighted by Gasteiger charge is 2.27. The topological polar surface area (TPSA) is 156 Å². The van der Waals surface area contributed by atoms with Gasteiger partial charge in [0.1, 0.15) is 23.0 Å². The van der Waals surface area contributed by atoms with Crippen LogP contribution in [0, 0.1) is 0 Å². The van der Waals surface area contributed by atoms with E-state index in [1.165, 1.54) is 32.2 Å². The molecule has 6 aromatic rings. The van der Waals surface area contributed by atoms with Crippen LogP contribution in [0.3, 0.4) is 0 Å². The molecule has 0 saturated heterocycles. The third-order valence-electron chi connectivity index (χ3n) is 8.75. The molecule has 4 aromatic carbocycles. The molecule has 0 saturated carbocycles. The van der Waals surface area contributed by atoms with Gasteiger partial charge in [-0.3, -0.25) is 9.36 Å². The molecule has 0 bridgehead atoms. The number of rotatable bonds is 17. The van der Waals surface area contributed by atoms with E-state index in [0.29, 0.717) is 13.1 Å². The summed E-state index contributed by atoms with van der Waals surface area (Å²) in [6.45, 7) is 7.13. The average Bonchev–Trinajstić information content (AvgIpc) is 3.97. The van der Waals surface area contributed by atoms with Crippen molar-refractivity contribution in [1.29, 1.82) is 0 Å². The Balaban J connectivity index is 0.000000219. The molecule has 316 valence electrons. The Morgan fingerprint density at radius 1 is 0.525 bits per heavy atom. The van der Waals surface area contributed by atoms with E-state index in [9.17, 15) is 16.8 Å². The zero-order valence-electron chi connectivity index (χ0n) is 34.0. The van der Waals surface area contributed by atoms with Crippen molar-refractivity contribution >= 4 is 29.8 Å². The van der Waals surface area contributed by atoms with Gasteiger partial charge in [0.05, 0.1) is 28.4 Å². The molecule has 0 aliphatic rings. The molecule has 2 aromatic heterocycles. The maximum Gasteiger partial charge on any atom is 0.280 e.